The molecule has 0 unspecified atom stereocenters. The van der Waals surface area contributed by atoms with Crippen molar-refractivity contribution >= 4 is 16.7 Å². The minimum Gasteiger partial charge on any atom is -0.467 e. The van der Waals surface area contributed by atoms with Crippen LogP contribution in [0.4, 0.5) is 5.69 Å². The molecule has 4 heteroatoms. The molecule has 2 heterocycles. The van der Waals surface area contributed by atoms with Crippen LogP contribution in [0.1, 0.15) is 30.3 Å². The van der Waals surface area contributed by atoms with Gasteiger partial charge in [-0.15, -0.1) is 0 Å². The van der Waals surface area contributed by atoms with Gasteiger partial charge in [0, 0.05) is 11.6 Å². The van der Waals surface area contributed by atoms with E-state index in [0.717, 1.165) is 34.9 Å². The minimum absolute atomic E-state index is 0.601. The van der Waals surface area contributed by atoms with Crippen LogP contribution in [0.2, 0.25) is 0 Å². The predicted octanol–water partition coefficient (Wildman–Crippen LogP) is 3.14. The highest BCUT2D eigenvalue weighted by molar-refractivity contribution is 5.80. The van der Waals surface area contributed by atoms with E-state index in [4.69, 9.17) is 15.1 Å². The summed E-state index contributed by atoms with van der Waals surface area (Å²) in [5.74, 6) is 2.72. The van der Waals surface area contributed by atoms with Crippen molar-refractivity contribution in [2.45, 2.75) is 25.3 Å². The number of nitrogens with two attached hydrogens (primary N) is 1. The fourth-order valence-electron chi connectivity index (χ4n) is 2.54. The summed E-state index contributed by atoms with van der Waals surface area (Å²) in [7, 11) is 0. The Balaban J connectivity index is 1.87. The Kier molecular flexibility index (Phi) is 2.18. The molecule has 96 valence electrons. The zero-order valence-corrected chi connectivity index (χ0v) is 10.5. The lowest BCUT2D eigenvalue weighted by molar-refractivity contribution is 0.492. The molecular weight excluding hydrogens is 238 g/mol. The van der Waals surface area contributed by atoms with Crippen molar-refractivity contribution in [3.8, 4) is 0 Å². The third-order valence-electron chi connectivity index (χ3n) is 3.64. The average molecular weight is 253 g/mol. The van der Waals surface area contributed by atoms with Gasteiger partial charge in [-0.2, -0.15) is 0 Å². The lowest BCUT2D eigenvalue weighted by Gasteiger charge is -2.06. The van der Waals surface area contributed by atoms with Gasteiger partial charge in [-0.3, -0.25) is 0 Å². The number of nitrogens with zero attached hydrogens (tertiary/aromatic N) is 2. The molecule has 0 aliphatic heterocycles. The molecule has 0 radical (unpaired) electrons. The number of aromatic nitrogens is 2. The summed E-state index contributed by atoms with van der Waals surface area (Å²) in [5.41, 5.74) is 8.72. The fraction of sp³-hybridized carbons (Fsp3) is 0.267. The lowest BCUT2D eigenvalue weighted by atomic mass is 10.3. The second-order valence-corrected chi connectivity index (χ2v) is 5.16. The number of anilines is 1. The van der Waals surface area contributed by atoms with Gasteiger partial charge in [0.2, 0.25) is 0 Å². The van der Waals surface area contributed by atoms with Crippen molar-refractivity contribution in [1.82, 2.24) is 9.55 Å². The first-order valence-electron chi connectivity index (χ1n) is 6.59. The highest BCUT2D eigenvalue weighted by Gasteiger charge is 2.29. The molecule has 1 saturated carbocycles. The van der Waals surface area contributed by atoms with E-state index in [9.17, 15) is 0 Å². The molecule has 0 spiro atoms. The van der Waals surface area contributed by atoms with Gasteiger partial charge in [-0.05, 0) is 43.2 Å². The van der Waals surface area contributed by atoms with Gasteiger partial charge < -0.3 is 14.7 Å². The Labute approximate surface area is 110 Å². The summed E-state index contributed by atoms with van der Waals surface area (Å²) in [6.07, 6.45) is 4.18. The lowest BCUT2D eigenvalue weighted by Crippen LogP contribution is -2.03. The maximum atomic E-state index is 5.84. The van der Waals surface area contributed by atoms with Crippen LogP contribution < -0.4 is 5.73 Å². The largest absolute Gasteiger partial charge is 0.467 e. The summed E-state index contributed by atoms with van der Waals surface area (Å²) in [6.45, 7) is 0.735. The zero-order valence-electron chi connectivity index (χ0n) is 10.5. The van der Waals surface area contributed by atoms with E-state index in [1.54, 1.807) is 6.26 Å². The zero-order chi connectivity index (χ0) is 12.8. The van der Waals surface area contributed by atoms with Crippen LogP contribution in [0, 0.1) is 0 Å². The SMILES string of the molecule is Nc1ccc2c(c1)nc(C1CC1)n2Cc1ccco1. The van der Waals surface area contributed by atoms with Crippen LogP contribution >= 0.6 is 0 Å². The van der Waals surface area contributed by atoms with E-state index >= 15 is 0 Å². The molecule has 2 aromatic heterocycles. The molecule has 1 fully saturated rings. The highest BCUT2D eigenvalue weighted by Crippen LogP contribution is 2.41. The van der Waals surface area contributed by atoms with Crippen LogP contribution in [0.25, 0.3) is 11.0 Å². The third-order valence-corrected chi connectivity index (χ3v) is 3.64. The molecular formula is C15H15N3O. The Morgan fingerprint density at radius 3 is 2.95 bits per heavy atom. The van der Waals surface area contributed by atoms with Crippen molar-refractivity contribution in [2.75, 3.05) is 5.73 Å². The fourth-order valence-corrected chi connectivity index (χ4v) is 2.54. The van der Waals surface area contributed by atoms with Gasteiger partial charge in [-0.1, -0.05) is 0 Å². The normalized spacial score (nSPS) is 15.2. The van der Waals surface area contributed by atoms with Gasteiger partial charge in [-0.25, -0.2) is 4.98 Å². The molecule has 19 heavy (non-hydrogen) atoms. The van der Waals surface area contributed by atoms with Crippen LogP contribution in [-0.4, -0.2) is 9.55 Å². The maximum absolute atomic E-state index is 5.84. The molecule has 3 aromatic rings. The number of imidazole rings is 1. The number of rotatable bonds is 3. The molecule has 0 atom stereocenters. The number of nitrogen functional groups attached to an aromatic ring is 1. The number of hydrogen-bond acceptors (Lipinski definition) is 3. The van der Waals surface area contributed by atoms with Crippen molar-refractivity contribution in [3.63, 3.8) is 0 Å². The maximum Gasteiger partial charge on any atom is 0.123 e. The Morgan fingerprint density at radius 2 is 2.21 bits per heavy atom. The molecule has 4 rings (SSSR count). The number of benzene rings is 1. The highest BCUT2D eigenvalue weighted by atomic mass is 16.3. The van der Waals surface area contributed by atoms with Crippen LogP contribution in [0.3, 0.4) is 0 Å². The van der Waals surface area contributed by atoms with Crippen molar-refractivity contribution in [3.05, 3.63) is 48.2 Å². The molecule has 4 nitrogen and oxygen atoms in total. The molecule has 0 bridgehead atoms. The molecule has 1 aliphatic carbocycles. The summed E-state index contributed by atoms with van der Waals surface area (Å²) >= 11 is 0. The Morgan fingerprint density at radius 1 is 1.32 bits per heavy atom. The first-order chi connectivity index (χ1) is 9.31. The first kappa shape index (κ1) is 10.7. The van der Waals surface area contributed by atoms with Gasteiger partial charge in [0.1, 0.15) is 11.6 Å². The van der Waals surface area contributed by atoms with E-state index in [2.05, 4.69) is 4.57 Å². The van der Waals surface area contributed by atoms with Crippen LogP contribution in [-0.2, 0) is 6.54 Å². The third kappa shape index (κ3) is 1.80. The molecule has 0 amide bonds. The quantitative estimate of drug-likeness (QED) is 0.729. The van der Waals surface area contributed by atoms with Crippen molar-refractivity contribution in [2.24, 2.45) is 0 Å². The van der Waals surface area contributed by atoms with E-state index in [-0.39, 0.29) is 0 Å². The summed E-state index contributed by atoms with van der Waals surface area (Å²) < 4.78 is 7.72. The van der Waals surface area contributed by atoms with E-state index < -0.39 is 0 Å². The number of fused-ring (bicyclic) bond motifs is 1. The Bertz CT molecular complexity index is 723. The second-order valence-electron chi connectivity index (χ2n) is 5.16. The number of furan rings is 1. The minimum atomic E-state index is 0.601. The number of hydrogen-bond donors (Lipinski definition) is 1. The molecule has 1 aromatic carbocycles. The first-order valence-corrected chi connectivity index (χ1v) is 6.59. The topological polar surface area (TPSA) is 57.0 Å². The summed E-state index contributed by atoms with van der Waals surface area (Å²) in [4.78, 5) is 4.76. The second kappa shape index (κ2) is 3.88. The summed E-state index contributed by atoms with van der Waals surface area (Å²) in [6, 6.07) is 9.84. The summed E-state index contributed by atoms with van der Waals surface area (Å²) in [5, 5.41) is 0. The van der Waals surface area contributed by atoms with Gasteiger partial charge in [0.25, 0.3) is 0 Å². The van der Waals surface area contributed by atoms with Crippen molar-refractivity contribution < 1.29 is 4.42 Å². The molecule has 1 aliphatic rings. The average Bonchev–Trinajstić information content (AvgIpc) is 3.00. The van der Waals surface area contributed by atoms with Crippen molar-refractivity contribution in [1.29, 1.82) is 0 Å². The van der Waals surface area contributed by atoms with Gasteiger partial charge in [0.15, 0.2) is 0 Å². The Hall–Kier alpha value is -2.23. The van der Waals surface area contributed by atoms with E-state index in [1.807, 2.05) is 30.3 Å². The molecule has 0 saturated heterocycles. The van der Waals surface area contributed by atoms with Crippen LogP contribution in [0.15, 0.2) is 41.0 Å². The van der Waals surface area contributed by atoms with Gasteiger partial charge >= 0.3 is 0 Å². The monoisotopic (exact) mass is 253 g/mol. The van der Waals surface area contributed by atoms with E-state index in [1.165, 1.54) is 12.8 Å². The van der Waals surface area contributed by atoms with E-state index in [0.29, 0.717) is 5.92 Å². The van der Waals surface area contributed by atoms with Crippen LogP contribution in [0.5, 0.6) is 0 Å². The molecule has 2 N–H and O–H groups in total. The smallest absolute Gasteiger partial charge is 0.123 e. The standard InChI is InChI=1S/C15H15N3O/c16-11-5-6-14-13(8-11)17-15(10-3-4-10)18(14)9-12-2-1-7-19-12/h1-2,5-8,10H,3-4,9,16H2. The van der Waals surface area contributed by atoms with Gasteiger partial charge in [0.05, 0.1) is 23.8 Å². The predicted molar refractivity (Wildman–Crippen MR) is 73.9 cm³/mol.